The van der Waals surface area contributed by atoms with E-state index in [1.807, 2.05) is 13.2 Å². The van der Waals surface area contributed by atoms with Gasteiger partial charge in [-0.25, -0.2) is 13.8 Å². The van der Waals surface area contributed by atoms with E-state index in [2.05, 4.69) is 15.8 Å². The van der Waals surface area contributed by atoms with E-state index in [1.165, 1.54) is 36.4 Å². The van der Waals surface area contributed by atoms with Gasteiger partial charge in [0.05, 0.1) is 29.6 Å². The van der Waals surface area contributed by atoms with Crippen molar-refractivity contribution in [2.45, 2.75) is 23.3 Å². The zero-order valence-electron chi connectivity index (χ0n) is 23.0. The summed E-state index contributed by atoms with van der Waals surface area (Å²) in [5.41, 5.74) is 4.37. The number of rotatable bonds is 13. The number of aryl methyl sites for hydroxylation is 1. The minimum atomic E-state index is -4.03. The Kier molecular flexibility index (Phi) is 10.4. The highest BCUT2D eigenvalue weighted by atomic mass is 32.2. The van der Waals surface area contributed by atoms with E-state index in [4.69, 9.17) is 9.15 Å². The normalized spacial score (nSPS) is 11.3. The molecule has 4 rings (SSSR count). The maximum atomic E-state index is 13.5. The second-order valence-corrected chi connectivity index (χ2v) is 11.8. The Bertz CT molecular complexity index is 1600. The van der Waals surface area contributed by atoms with E-state index < -0.39 is 22.5 Å². The van der Waals surface area contributed by atoms with E-state index in [0.29, 0.717) is 22.8 Å². The molecule has 0 aliphatic carbocycles. The van der Waals surface area contributed by atoms with Crippen LogP contribution in [0.3, 0.4) is 0 Å². The third-order valence-electron chi connectivity index (χ3n) is 5.95. The van der Waals surface area contributed by atoms with Crippen molar-refractivity contribution in [1.82, 2.24) is 10.7 Å². The van der Waals surface area contributed by atoms with Gasteiger partial charge in [-0.2, -0.15) is 5.10 Å². The number of hydrogen-bond acceptors (Lipinski definition) is 8. The number of nitrogens with zero attached hydrogens (tertiary/aromatic N) is 2. The quantitative estimate of drug-likeness (QED) is 0.131. The molecule has 0 saturated carbocycles. The Morgan fingerprint density at radius 2 is 1.69 bits per heavy atom. The predicted octanol–water partition coefficient (Wildman–Crippen LogP) is 4.35. The molecular formula is C30H30N4O6S2. The van der Waals surface area contributed by atoms with Gasteiger partial charge in [-0.05, 0) is 91.5 Å². The van der Waals surface area contributed by atoms with Gasteiger partial charge in [0.2, 0.25) is 0 Å². The van der Waals surface area contributed by atoms with E-state index in [1.54, 1.807) is 72.8 Å². The van der Waals surface area contributed by atoms with Crippen molar-refractivity contribution in [2.75, 3.05) is 23.7 Å². The number of sulfonamides is 1. The monoisotopic (exact) mass is 606 g/mol. The summed E-state index contributed by atoms with van der Waals surface area (Å²) >= 11 is 1.50. The SMILES string of the molecule is CSc1ccc(S(=O)(=O)N(CC(=O)N/N=C\c2ccc(OCC(=O)NCc3ccco3)cc2)c2ccc(C)cc2)cc1. The van der Waals surface area contributed by atoms with Crippen LogP contribution in [0.25, 0.3) is 0 Å². The summed E-state index contributed by atoms with van der Waals surface area (Å²) in [6.45, 7) is 1.54. The first kappa shape index (κ1) is 30.4. The van der Waals surface area contributed by atoms with Crippen LogP contribution in [0.5, 0.6) is 5.75 Å². The summed E-state index contributed by atoms with van der Waals surface area (Å²) in [4.78, 5) is 25.8. The number of hydrazone groups is 1. The Morgan fingerprint density at radius 1 is 0.976 bits per heavy atom. The summed E-state index contributed by atoms with van der Waals surface area (Å²) in [5.74, 6) is 0.216. The molecular weight excluding hydrogens is 576 g/mol. The molecule has 0 radical (unpaired) electrons. The molecule has 0 unspecified atom stereocenters. The molecule has 3 aromatic carbocycles. The Morgan fingerprint density at radius 3 is 2.33 bits per heavy atom. The molecule has 0 aliphatic heterocycles. The molecule has 4 aromatic rings. The van der Waals surface area contributed by atoms with E-state index in [0.717, 1.165) is 14.8 Å². The third-order valence-corrected chi connectivity index (χ3v) is 8.48. The number of furan rings is 1. The fourth-order valence-electron chi connectivity index (χ4n) is 3.69. The van der Waals surface area contributed by atoms with Crippen LogP contribution in [0.4, 0.5) is 5.69 Å². The fourth-order valence-corrected chi connectivity index (χ4v) is 5.52. The number of carbonyl (C=O) groups is 2. The first-order valence-electron chi connectivity index (χ1n) is 12.8. The highest BCUT2D eigenvalue weighted by molar-refractivity contribution is 7.98. The minimum absolute atomic E-state index is 0.0782. The molecule has 10 nitrogen and oxygen atoms in total. The molecule has 42 heavy (non-hydrogen) atoms. The lowest BCUT2D eigenvalue weighted by atomic mass is 10.2. The van der Waals surface area contributed by atoms with Crippen molar-refractivity contribution < 1.29 is 27.2 Å². The minimum Gasteiger partial charge on any atom is -0.484 e. The lowest BCUT2D eigenvalue weighted by Gasteiger charge is -2.24. The topological polar surface area (TPSA) is 130 Å². The Balaban J connectivity index is 1.34. The highest BCUT2D eigenvalue weighted by Gasteiger charge is 2.27. The number of benzene rings is 3. The molecule has 2 amide bonds. The summed E-state index contributed by atoms with van der Waals surface area (Å²) < 4.78 is 38.8. The molecule has 0 spiro atoms. The number of amides is 2. The molecule has 218 valence electrons. The van der Waals surface area contributed by atoms with Crippen molar-refractivity contribution in [2.24, 2.45) is 5.10 Å². The molecule has 0 atom stereocenters. The lowest BCUT2D eigenvalue weighted by molar-refractivity contribution is -0.123. The van der Waals surface area contributed by atoms with E-state index in [9.17, 15) is 18.0 Å². The number of anilines is 1. The summed E-state index contributed by atoms with van der Waals surface area (Å²) in [5, 5.41) is 6.66. The van der Waals surface area contributed by atoms with Gasteiger partial charge in [-0.15, -0.1) is 11.8 Å². The van der Waals surface area contributed by atoms with Gasteiger partial charge in [-0.1, -0.05) is 17.7 Å². The van der Waals surface area contributed by atoms with Crippen molar-refractivity contribution in [3.63, 3.8) is 0 Å². The van der Waals surface area contributed by atoms with Gasteiger partial charge in [0.15, 0.2) is 6.61 Å². The fraction of sp³-hybridized carbons (Fsp3) is 0.167. The van der Waals surface area contributed by atoms with Crippen LogP contribution in [0.1, 0.15) is 16.9 Å². The molecule has 0 aliphatic rings. The largest absolute Gasteiger partial charge is 0.484 e. The van der Waals surface area contributed by atoms with Gasteiger partial charge < -0.3 is 14.5 Å². The third kappa shape index (κ3) is 8.48. The van der Waals surface area contributed by atoms with Crippen molar-refractivity contribution in [1.29, 1.82) is 0 Å². The molecule has 12 heteroatoms. The standard InChI is InChI=1S/C30H30N4O6S2/c1-22-5-9-24(10-6-22)34(42(37,38)28-15-13-27(41-2)14-16-28)20-29(35)33-32-18-23-7-11-25(12-8-23)40-21-30(36)31-19-26-4-3-17-39-26/h3-18H,19-21H2,1-2H3,(H,31,36)(H,33,35)/b32-18-. The van der Waals surface area contributed by atoms with Crippen LogP contribution in [0.2, 0.25) is 0 Å². The van der Waals surface area contributed by atoms with Gasteiger partial charge in [0.25, 0.3) is 21.8 Å². The smallest absolute Gasteiger partial charge is 0.264 e. The van der Waals surface area contributed by atoms with Gasteiger partial charge in [0, 0.05) is 4.90 Å². The van der Waals surface area contributed by atoms with Gasteiger partial charge in [0.1, 0.15) is 18.1 Å². The predicted molar refractivity (Wildman–Crippen MR) is 162 cm³/mol. The highest BCUT2D eigenvalue weighted by Crippen LogP contribution is 2.25. The average Bonchev–Trinajstić information content (AvgIpc) is 3.53. The summed E-state index contributed by atoms with van der Waals surface area (Å²) in [6.07, 6.45) is 4.86. The van der Waals surface area contributed by atoms with Crippen LogP contribution in [0.15, 0.2) is 111 Å². The zero-order valence-corrected chi connectivity index (χ0v) is 24.7. The molecule has 0 bridgehead atoms. The average molecular weight is 607 g/mol. The Labute approximate surface area is 248 Å². The van der Waals surface area contributed by atoms with Gasteiger partial charge in [-0.3, -0.25) is 13.9 Å². The zero-order chi connectivity index (χ0) is 30.0. The summed E-state index contributed by atoms with van der Waals surface area (Å²) in [6, 6.07) is 23.6. The summed E-state index contributed by atoms with van der Waals surface area (Å²) in [7, 11) is -4.03. The maximum absolute atomic E-state index is 13.5. The molecule has 2 N–H and O–H groups in total. The number of carbonyl (C=O) groups excluding carboxylic acids is 2. The Hall–Kier alpha value is -4.55. The first-order valence-corrected chi connectivity index (χ1v) is 15.5. The molecule has 0 saturated heterocycles. The van der Waals surface area contributed by atoms with Crippen LogP contribution < -0.4 is 19.8 Å². The van der Waals surface area contributed by atoms with Crippen molar-refractivity contribution in [3.05, 3.63) is 108 Å². The van der Waals surface area contributed by atoms with Crippen LogP contribution in [-0.2, 0) is 26.2 Å². The lowest BCUT2D eigenvalue weighted by Crippen LogP contribution is -2.39. The number of ether oxygens (including phenoxy) is 1. The second-order valence-electron chi connectivity index (χ2n) is 9.03. The molecule has 1 heterocycles. The molecule has 1 aromatic heterocycles. The van der Waals surface area contributed by atoms with E-state index >= 15 is 0 Å². The molecule has 0 fully saturated rings. The number of thioether (sulfide) groups is 1. The van der Waals surface area contributed by atoms with Gasteiger partial charge >= 0.3 is 0 Å². The van der Waals surface area contributed by atoms with Crippen LogP contribution >= 0.6 is 11.8 Å². The van der Waals surface area contributed by atoms with Crippen LogP contribution in [0, 0.1) is 6.92 Å². The van der Waals surface area contributed by atoms with Crippen molar-refractivity contribution >= 4 is 45.5 Å². The first-order chi connectivity index (χ1) is 20.2. The van der Waals surface area contributed by atoms with Crippen LogP contribution in [-0.4, -0.2) is 45.9 Å². The second kappa shape index (κ2) is 14.4. The maximum Gasteiger partial charge on any atom is 0.264 e. The number of hydrogen-bond donors (Lipinski definition) is 2. The number of nitrogens with one attached hydrogen (secondary N) is 2. The van der Waals surface area contributed by atoms with E-state index in [-0.39, 0.29) is 24.0 Å². The van der Waals surface area contributed by atoms with Crippen molar-refractivity contribution in [3.8, 4) is 5.75 Å².